The maximum Gasteiger partial charge on any atom is 0.274 e. The molecule has 7 heteroatoms. The van der Waals surface area contributed by atoms with Gasteiger partial charge in [0.25, 0.3) is 11.8 Å². The number of pyridine rings is 1. The second kappa shape index (κ2) is 10.7. The topological polar surface area (TPSA) is 86.5 Å². The fourth-order valence-electron chi connectivity index (χ4n) is 4.03. The van der Waals surface area contributed by atoms with Crippen LogP contribution in [0.25, 0.3) is 6.08 Å². The SMILES string of the molecule is CN=C/C=C\c1cc(NC(=O)c2cccc(C(=O)NC3=CC=CC4=[N+](C)C=CCC34)n2)ccc1C. The zero-order valence-corrected chi connectivity index (χ0v) is 20.0. The van der Waals surface area contributed by atoms with Crippen LogP contribution in [0.4, 0.5) is 5.69 Å². The van der Waals surface area contributed by atoms with Crippen LogP contribution in [0.1, 0.15) is 38.5 Å². The molecular weight excluding hydrogens is 438 g/mol. The summed E-state index contributed by atoms with van der Waals surface area (Å²) < 4.78 is 2.05. The molecule has 1 aliphatic heterocycles. The Bertz CT molecular complexity index is 1340. The van der Waals surface area contributed by atoms with E-state index in [-0.39, 0.29) is 29.1 Å². The van der Waals surface area contributed by atoms with Gasteiger partial charge in [-0.2, -0.15) is 0 Å². The van der Waals surface area contributed by atoms with Crippen LogP contribution in [0, 0.1) is 12.8 Å². The molecule has 176 valence electrons. The molecule has 1 unspecified atom stereocenters. The van der Waals surface area contributed by atoms with E-state index in [0.29, 0.717) is 5.69 Å². The summed E-state index contributed by atoms with van der Waals surface area (Å²) in [4.78, 5) is 34.1. The van der Waals surface area contributed by atoms with E-state index in [2.05, 4.69) is 37.3 Å². The first kappa shape index (κ1) is 23.8. The Hall–Kier alpha value is -4.39. The maximum atomic E-state index is 13.0. The van der Waals surface area contributed by atoms with E-state index in [0.717, 1.165) is 29.0 Å². The van der Waals surface area contributed by atoms with Gasteiger partial charge in [0.2, 0.25) is 0 Å². The molecule has 1 aromatic carbocycles. The molecule has 0 radical (unpaired) electrons. The van der Waals surface area contributed by atoms with Gasteiger partial charge in [-0.1, -0.05) is 24.3 Å². The molecule has 2 heterocycles. The minimum atomic E-state index is -0.386. The third-order valence-corrected chi connectivity index (χ3v) is 5.90. The van der Waals surface area contributed by atoms with Gasteiger partial charge in [0, 0.05) is 30.7 Å². The Kier molecular flexibility index (Phi) is 7.26. The van der Waals surface area contributed by atoms with Gasteiger partial charge in [-0.25, -0.2) is 9.56 Å². The van der Waals surface area contributed by atoms with Crippen LogP contribution in [-0.2, 0) is 0 Å². The largest absolute Gasteiger partial charge is 0.323 e. The molecule has 0 bridgehead atoms. The molecule has 0 fully saturated rings. The molecule has 1 atom stereocenters. The zero-order chi connectivity index (χ0) is 24.8. The predicted molar refractivity (Wildman–Crippen MR) is 140 cm³/mol. The van der Waals surface area contributed by atoms with E-state index in [1.807, 2.05) is 62.7 Å². The monoisotopic (exact) mass is 466 g/mol. The summed E-state index contributed by atoms with van der Waals surface area (Å²) in [6, 6.07) is 10.5. The lowest BCUT2D eigenvalue weighted by molar-refractivity contribution is -0.426. The highest BCUT2D eigenvalue weighted by Gasteiger charge is 2.30. The van der Waals surface area contributed by atoms with Crippen molar-refractivity contribution in [3.05, 3.63) is 101 Å². The molecule has 1 aromatic heterocycles. The normalized spacial score (nSPS) is 17.0. The van der Waals surface area contributed by atoms with Crippen LogP contribution < -0.4 is 10.6 Å². The van der Waals surface area contributed by atoms with Crippen molar-refractivity contribution in [2.45, 2.75) is 13.3 Å². The Morgan fingerprint density at radius 2 is 1.91 bits per heavy atom. The molecule has 2 aromatic rings. The first-order valence-corrected chi connectivity index (χ1v) is 11.4. The van der Waals surface area contributed by atoms with Crippen LogP contribution in [0.5, 0.6) is 0 Å². The van der Waals surface area contributed by atoms with Crippen molar-refractivity contribution in [3.8, 4) is 0 Å². The molecule has 2 aliphatic rings. The number of hydrogen-bond donors (Lipinski definition) is 2. The Morgan fingerprint density at radius 1 is 1.14 bits per heavy atom. The second-order valence-electron chi connectivity index (χ2n) is 8.34. The van der Waals surface area contributed by atoms with E-state index < -0.39 is 0 Å². The third-order valence-electron chi connectivity index (χ3n) is 5.90. The molecule has 2 N–H and O–H groups in total. The number of aromatic nitrogens is 1. The van der Waals surface area contributed by atoms with Gasteiger partial charge < -0.3 is 10.6 Å². The number of allylic oxidation sites excluding steroid dienone is 6. The van der Waals surface area contributed by atoms with E-state index in [4.69, 9.17) is 0 Å². The van der Waals surface area contributed by atoms with Crippen molar-refractivity contribution in [1.82, 2.24) is 10.3 Å². The number of carbonyl (C=O) groups is 2. The summed E-state index contributed by atoms with van der Waals surface area (Å²) in [5.74, 6) is -0.653. The Morgan fingerprint density at radius 3 is 2.69 bits per heavy atom. The number of fused-ring (bicyclic) bond motifs is 1. The number of anilines is 1. The van der Waals surface area contributed by atoms with Crippen molar-refractivity contribution in [2.24, 2.45) is 10.9 Å². The number of nitrogens with one attached hydrogen (secondary N) is 2. The number of hydrogen-bond acceptors (Lipinski definition) is 4. The molecule has 0 saturated heterocycles. The van der Waals surface area contributed by atoms with Crippen molar-refractivity contribution < 1.29 is 14.2 Å². The number of rotatable bonds is 6. The van der Waals surface area contributed by atoms with Crippen LogP contribution >= 0.6 is 0 Å². The first-order valence-electron chi connectivity index (χ1n) is 11.4. The number of aliphatic imine (C=N–C) groups is 1. The highest BCUT2D eigenvalue weighted by molar-refractivity contribution is 6.04. The lowest BCUT2D eigenvalue weighted by Crippen LogP contribution is -2.35. The lowest BCUT2D eigenvalue weighted by atomic mass is 9.89. The van der Waals surface area contributed by atoms with Crippen molar-refractivity contribution in [3.63, 3.8) is 0 Å². The number of aryl methyl sites for hydroxylation is 1. The average Bonchev–Trinajstić information content (AvgIpc) is 2.86. The highest BCUT2D eigenvalue weighted by atomic mass is 16.2. The van der Waals surface area contributed by atoms with Gasteiger partial charge in [-0.3, -0.25) is 14.6 Å². The van der Waals surface area contributed by atoms with Gasteiger partial charge in [0.15, 0.2) is 11.9 Å². The first-order chi connectivity index (χ1) is 17.0. The van der Waals surface area contributed by atoms with Crippen LogP contribution in [-0.4, -0.2) is 47.4 Å². The van der Waals surface area contributed by atoms with Crippen LogP contribution in [0.3, 0.4) is 0 Å². The highest BCUT2D eigenvalue weighted by Crippen LogP contribution is 2.23. The van der Waals surface area contributed by atoms with E-state index >= 15 is 0 Å². The van der Waals surface area contributed by atoms with E-state index in [1.54, 1.807) is 31.5 Å². The summed E-state index contributed by atoms with van der Waals surface area (Å²) >= 11 is 0. The molecule has 2 amide bonds. The number of amides is 2. The standard InChI is InChI=1S/C28H27N5O2/c1-19-14-15-21(18-20(19)8-6-16-29-2)30-27(34)24-11-4-12-25(31-24)28(35)32-23-10-5-13-26-22(23)9-7-17-33(26)3/h4-8,10-18,22H,9H2,1-3H3,(H,30,34)/p+1/b8-6-,29-16?. The predicted octanol–water partition coefficient (Wildman–Crippen LogP) is 4.16. The summed E-state index contributed by atoms with van der Waals surface area (Å²) in [5, 5.41) is 5.85. The minimum Gasteiger partial charge on any atom is -0.323 e. The van der Waals surface area contributed by atoms with Crippen molar-refractivity contribution >= 4 is 35.5 Å². The Balaban J connectivity index is 1.47. The quantitative estimate of drug-likeness (QED) is 0.495. The zero-order valence-electron chi connectivity index (χ0n) is 20.0. The molecule has 1 aliphatic carbocycles. The van der Waals surface area contributed by atoms with Crippen molar-refractivity contribution in [1.29, 1.82) is 0 Å². The molecule has 0 spiro atoms. The van der Waals surface area contributed by atoms with Crippen LogP contribution in [0.15, 0.2) is 83.7 Å². The van der Waals surface area contributed by atoms with Gasteiger partial charge in [-0.15, -0.1) is 0 Å². The van der Waals surface area contributed by atoms with E-state index in [1.165, 1.54) is 0 Å². The molecule has 4 rings (SSSR count). The fraction of sp³-hybridized carbons (Fsp3) is 0.179. The fourth-order valence-corrected chi connectivity index (χ4v) is 4.03. The van der Waals surface area contributed by atoms with Crippen molar-refractivity contribution in [2.75, 3.05) is 19.4 Å². The van der Waals surface area contributed by atoms with Gasteiger partial charge in [0.05, 0.1) is 5.92 Å². The van der Waals surface area contributed by atoms with E-state index in [9.17, 15) is 9.59 Å². The summed E-state index contributed by atoms with van der Waals surface area (Å²) in [6.45, 7) is 2.00. The smallest absolute Gasteiger partial charge is 0.274 e. The number of nitrogens with zero attached hydrogens (tertiary/aromatic N) is 3. The second-order valence-corrected chi connectivity index (χ2v) is 8.34. The molecule has 7 nitrogen and oxygen atoms in total. The molecule has 0 saturated carbocycles. The third kappa shape index (κ3) is 5.58. The number of carbonyl (C=O) groups excluding carboxylic acids is 2. The van der Waals surface area contributed by atoms with Crippen LogP contribution in [0.2, 0.25) is 0 Å². The summed E-state index contributed by atoms with van der Waals surface area (Å²) in [7, 11) is 3.70. The minimum absolute atomic E-state index is 0.0822. The molecule has 35 heavy (non-hydrogen) atoms. The summed E-state index contributed by atoms with van der Waals surface area (Å²) in [6.07, 6.45) is 16.3. The maximum absolute atomic E-state index is 13.0. The van der Waals surface area contributed by atoms with Gasteiger partial charge in [-0.05, 0) is 67.0 Å². The lowest BCUT2D eigenvalue weighted by Gasteiger charge is -2.22. The average molecular weight is 467 g/mol. The molecular formula is C28H28N5O2+. The number of benzene rings is 1. The van der Waals surface area contributed by atoms with Gasteiger partial charge in [0.1, 0.15) is 18.4 Å². The summed E-state index contributed by atoms with van der Waals surface area (Å²) in [5.41, 5.74) is 4.97. The Labute approximate surface area is 205 Å². The van der Waals surface area contributed by atoms with Gasteiger partial charge >= 0.3 is 0 Å².